The molecule has 0 aliphatic carbocycles. The Kier molecular flexibility index (Phi) is 3.17. The van der Waals surface area contributed by atoms with Crippen LogP contribution in [0, 0.1) is 11.3 Å². The largest absolute Gasteiger partial charge is 0.255 e. The molecule has 1 heterocycles. The molecular weight excluding hydrogens is 186 g/mol. The molecule has 1 fully saturated rings. The molecule has 0 aromatic rings. The monoisotopic (exact) mass is 206 g/mol. The number of alkyl halides is 2. The highest BCUT2D eigenvalue weighted by Gasteiger charge is 2.48. The lowest BCUT2D eigenvalue weighted by molar-refractivity contribution is 0.00516. The molecule has 14 heavy (non-hydrogen) atoms. The fourth-order valence-electron chi connectivity index (χ4n) is 2.61. The minimum Gasteiger partial charge on any atom is -0.252 e. The van der Waals surface area contributed by atoms with Gasteiger partial charge in [0.05, 0.1) is 6.04 Å². The van der Waals surface area contributed by atoms with Crippen molar-refractivity contribution in [2.24, 2.45) is 11.3 Å². The molecule has 0 saturated carbocycles. The average Bonchev–Trinajstić information content (AvgIpc) is 2.23. The molecule has 0 amide bonds. The third-order valence-corrected chi connectivity index (χ3v) is 3.02. The van der Waals surface area contributed by atoms with E-state index in [2.05, 4.69) is 5.43 Å². The molecule has 1 rings (SSSR count). The van der Waals surface area contributed by atoms with Crippen LogP contribution < -0.4 is 5.43 Å². The van der Waals surface area contributed by atoms with Gasteiger partial charge in [-0.3, -0.25) is 5.43 Å². The van der Waals surface area contributed by atoms with Gasteiger partial charge in [-0.25, -0.2) is 13.8 Å². The summed E-state index contributed by atoms with van der Waals surface area (Å²) in [6.45, 7) is 8.02. The average molecular weight is 206 g/mol. The van der Waals surface area contributed by atoms with E-state index in [1.54, 1.807) is 12.1 Å². The molecule has 0 bridgehead atoms. The van der Waals surface area contributed by atoms with Gasteiger partial charge in [-0.2, -0.15) is 0 Å². The summed E-state index contributed by atoms with van der Waals surface area (Å²) in [5.41, 5.74) is 2.96. The lowest BCUT2D eigenvalue weighted by Crippen LogP contribution is -2.42. The maximum Gasteiger partial charge on any atom is 0.255 e. The SMILES string of the molecule is CC1NN(C)C(C(F)F)C1C(C)(C)C. The molecule has 0 aromatic heterocycles. The van der Waals surface area contributed by atoms with Crippen molar-refractivity contribution in [1.29, 1.82) is 0 Å². The van der Waals surface area contributed by atoms with Gasteiger partial charge >= 0.3 is 0 Å². The Morgan fingerprint density at radius 2 is 1.79 bits per heavy atom. The standard InChI is InChI=1S/C10H20F2N2/c1-6-7(10(2,3)4)8(9(11)12)14(5)13-6/h6-9,13H,1-5H3. The van der Waals surface area contributed by atoms with Gasteiger partial charge in [0, 0.05) is 19.0 Å². The first-order valence-electron chi connectivity index (χ1n) is 5.02. The Bertz CT molecular complexity index is 201. The number of nitrogens with zero attached hydrogens (tertiary/aromatic N) is 1. The minimum atomic E-state index is -2.29. The van der Waals surface area contributed by atoms with E-state index in [1.165, 1.54) is 0 Å². The van der Waals surface area contributed by atoms with E-state index in [0.717, 1.165) is 0 Å². The lowest BCUT2D eigenvalue weighted by Gasteiger charge is -2.34. The molecule has 1 aliphatic rings. The van der Waals surface area contributed by atoms with Crippen molar-refractivity contribution >= 4 is 0 Å². The normalized spacial score (nSPS) is 35.6. The minimum absolute atomic E-state index is 0.0208. The number of halogens is 2. The van der Waals surface area contributed by atoms with Crippen LogP contribution in [0.3, 0.4) is 0 Å². The summed E-state index contributed by atoms with van der Waals surface area (Å²) in [4.78, 5) is 0. The Labute approximate surface area is 84.6 Å². The van der Waals surface area contributed by atoms with E-state index >= 15 is 0 Å². The van der Waals surface area contributed by atoms with Gasteiger partial charge in [0.15, 0.2) is 0 Å². The second-order valence-corrected chi connectivity index (χ2v) is 5.25. The summed E-state index contributed by atoms with van der Waals surface area (Å²) in [6.07, 6.45) is -2.29. The molecule has 84 valence electrons. The van der Waals surface area contributed by atoms with Crippen molar-refractivity contribution in [3.8, 4) is 0 Å². The van der Waals surface area contributed by atoms with E-state index < -0.39 is 12.5 Å². The van der Waals surface area contributed by atoms with Crippen LogP contribution in [0.4, 0.5) is 8.78 Å². The molecule has 3 atom stereocenters. The smallest absolute Gasteiger partial charge is 0.252 e. The molecule has 1 N–H and O–H groups in total. The van der Waals surface area contributed by atoms with E-state index in [0.29, 0.717) is 0 Å². The second-order valence-electron chi connectivity index (χ2n) is 5.25. The number of rotatable bonds is 1. The molecular formula is C10H20F2N2. The van der Waals surface area contributed by atoms with Crippen LogP contribution in [0.15, 0.2) is 0 Å². The second kappa shape index (κ2) is 3.74. The van der Waals surface area contributed by atoms with Crippen molar-refractivity contribution < 1.29 is 8.78 Å². The number of hydrogen-bond acceptors (Lipinski definition) is 2. The molecule has 0 spiro atoms. The Balaban J connectivity index is 2.89. The van der Waals surface area contributed by atoms with Crippen LogP contribution in [0.25, 0.3) is 0 Å². The van der Waals surface area contributed by atoms with Crippen LogP contribution >= 0.6 is 0 Å². The van der Waals surface area contributed by atoms with Gasteiger partial charge in [-0.1, -0.05) is 20.8 Å². The summed E-state index contributed by atoms with van der Waals surface area (Å²) >= 11 is 0. The summed E-state index contributed by atoms with van der Waals surface area (Å²) in [5, 5.41) is 1.56. The van der Waals surface area contributed by atoms with Crippen LogP contribution in [0.1, 0.15) is 27.7 Å². The van der Waals surface area contributed by atoms with Crippen molar-refractivity contribution in [3.05, 3.63) is 0 Å². The van der Waals surface area contributed by atoms with Crippen LogP contribution in [0.5, 0.6) is 0 Å². The topological polar surface area (TPSA) is 15.3 Å². The Hall–Kier alpha value is -0.220. The van der Waals surface area contributed by atoms with E-state index in [4.69, 9.17) is 0 Å². The molecule has 2 nitrogen and oxygen atoms in total. The van der Waals surface area contributed by atoms with Gasteiger partial charge in [0.2, 0.25) is 0 Å². The van der Waals surface area contributed by atoms with Crippen molar-refractivity contribution in [1.82, 2.24) is 10.4 Å². The zero-order valence-corrected chi connectivity index (χ0v) is 9.51. The fraction of sp³-hybridized carbons (Fsp3) is 1.00. The number of hydrogen-bond donors (Lipinski definition) is 1. The van der Waals surface area contributed by atoms with E-state index in [-0.39, 0.29) is 17.4 Å². The zero-order valence-electron chi connectivity index (χ0n) is 9.51. The van der Waals surface area contributed by atoms with Crippen molar-refractivity contribution in [2.75, 3.05) is 7.05 Å². The van der Waals surface area contributed by atoms with Gasteiger partial charge in [0.1, 0.15) is 0 Å². The maximum atomic E-state index is 12.9. The molecule has 4 heteroatoms. The van der Waals surface area contributed by atoms with Gasteiger partial charge in [-0.05, 0) is 12.3 Å². The van der Waals surface area contributed by atoms with Crippen LogP contribution in [-0.2, 0) is 0 Å². The first kappa shape index (κ1) is 11.9. The lowest BCUT2D eigenvalue weighted by atomic mass is 9.73. The molecule has 3 unspecified atom stereocenters. The maximum absolute atomic E-state index is 12.9. The highest BCUT2D eigenvalue weighted by molar-refractivity contribution is 4.96. The molecule has 1 aliphatic heterocycles. The molecule has 0 radical (unpaired) electrons. The van der Waals surface area contributed by atoms with Crippen molar-refractivity contribution in [2.45, 2.75) is 46.2 Å². The van der Waals surface area contributed by atoms with Crippen LogP contribution in [-0.4, -0.2) is 30.6 Å². The van der Waals surface area contributed by atoms with Gasteiger partial charge in [0.25, 0.3) is 6.43 Å². The Morgan fingerprint density at radius 3 is 2.07 bits per heavy atom. The zero-order chi connectivity index (χ0) is 11.1. The first-order chi connectivity index (χ1) is 6.25. The van der Waals surface area contributed by atoms with Crippen LogP contribution in [0.2, 0.25) is 0 Å². The predicted octanol–water partition coefficient (Wildman–Crippen LogP) is 2.12. The highest BCUT2D eigenvalue weighted by atomic mass is 19.3. The number of hydrazine groups is 1. The highest BCUT2D eigenvalue weighted by Crippen LogP contribution is 2.38. The summed E-state index contributed by atoms with van der Waals surface area (Å²) in [6, 6.07) is -0.566. The summed E-state index contributed by atoms with van der Waals surface area (Å²) < 4.78 is 25.7. The third-order valence-electron chi connectivity index (χ3n) is 3.02. The van der Waals surface area contributed by atoms with E-state index in [9.17, 15) is 8.78 Å². The third kappa shape index (κ3) is 2.06. The van der Waals surface area contributed by atoms with Crippen molar-refractivity contribution in [3.63, 3.8) is 0 Å². The Morgan fingerprint density at radius 1 is 1.29 bits per heavy atom. The quantitative estimate of drug-likeness (QED) is 0.707. The fourth-order valence-corrected chi connectivity index (χ4v) is 2.61. The summed E-state index contributed by atoms with van der Waals surface area (Å²) in [5.74, 6) is -0.0208. The van der Waals surface area contributed by atoms with Gasteiger partial charge in [-0.15, -0.1) is 0 Å². The number of nitrogens with one attached hydrogen (secondary N) is 1. The van der Waals surface area contributed by atoms with Gasteiger partial charge < -0.3 is 0 Å². The first-order valence-corrected chi connectivity index (χ1v) is 5.02. The predicted molar refractivity (Wildman–Crippen MR) is 53.1 cm³/mol. The summed E-state index contributed by atoms with van der Waals surface area (Å²) in [7, 11) is 1.69. The van der Waals surface area contributed by atoms with E-state index in [1.807, 2.05) is 27.7 Å². The molecule has 1 saturated heterocycles. The molecule has 0 aromatic carbocycles.